The van der Waals surface area contributed by atoms with Crippen molar-refractivity contribution in [3.05, 3.63) is 23.4 Å². The highest BCUT2D eigenvalue weighted by Crippen LogP contribution is 2.13. The van der Waals surface area contributed by atoms with Crippen LogP contribution < -0.4 is 16.4 Å². The third-order valence-corrected chi connectivity index (χ3v) is 2.20. The lowest BCUT2D eigenvalue weighted by Crippen LogP contribution is -2.20. The maximum absolute atomic E-state index is 11.6. The molecule has 0 saturated carbocycles. The van der Waals surface area contributed by atoms with E-state index >= 15 is 0 Å². The summed E-state index contributed by atoms with van der Waals surface area (Å²) in [6.45, 7) is 3.17. The quantitative estimate of drug-likeness (QED) is 0.679. The van der Waals surface area contributed by atoms with Gasteiger partial charge in [-0.3, -0.25) is 4.79 Å². The van der Waals surface area contributed by atoms with Crippen LogP contribution in [0.25, 0.3) is 0 Å². The minimum absolute atomic E-state index is 0.167. The summed E-state index contributed by atoms with van der Waals surface area (Å²) in [4.78, 5) is 16.0. The predicted molar refractivity (Wildman–Crippen MR) is 72.3 cm³/mol. The van der Waals surface area contributed by atoms with Crippen molar-refractivity contribution < 1.29 is 4.79 Å². The van der Waals surface area contributed by atoms with Gasteiger partial charge in [-0.2, -0.15) is 0 Å². The van der Waals surface area contributed by atoms with Crippen molar-refractivity contribution >= 4 is 11.7 Å². The van der Waals surface area contributed by atoms with E-state index in [1.807, 2.05) is 6.92 Å². The Bertz CT molecular complexity index is 474. The number of carbonyl (C=O) groups is 1. The molecule has 5 nitrogen and oxygen atoms in total. The Morgan fingerprint density at radius 3 is 2.89 bits per heavy atom. The Morgan fingerprint density at radius 1 is 1.50 bits per heavy atom. The summed E-state index contributed by atoms with van der Waals surface area (Å²) in [6.07, 6.45) is 0.634. The molecule has 96 valence electrons. The molecule has 0 saturated heterocycles. The molecule has 18 heavy (non-hydrogen) atoms. The molecule has 4 N–H and O–H groups in total. The number of aromatic nitrogens is 1. The molecule has 0 radical (unpaired) electrons. The molecule has 0 spiro atoms. The van der Waals surface area contributed by atoms with Gasteiger partial charge in [0.1, 0.15) is 11.5 Å². The fourth-order valence-corrected chi connectivity index (χ4v) is 1.37. The molecule has 5 heteroatoms. The number of rotatable bonds is 4. The number of nitrogens with two attached hydrogens (primary N) is 1. The normalized spacial score (nSPS) is 9.28. The summed E-state index contributed by atoms with van der Waals surface area (Å²) >= 11 is 0. The van der Waals surface area contributed by atoms with Crippen LogP contribution in [0.2, 0.25) is 0 Å². The van der Waals surface area contributed by atoms with E-state index in [0.29, 0.717) is 36.6 Å². The van der Waals surface area contributed by atoms with Crippen molar-refractivity contribution in [1.29, 1.82) is 0 Å². The zero-order chi connectivity index (χ0) is 13.4. The second-order valence-electron chi connectivity index (χ2n) is 3.54. The van der Waals surface area contributed by atoms with Gasteiger partial charge in [0, 0.05) is 26.6 Å². The number of carbonyl (C=O) groups excluding carboxylic acids is 1. The number of nitrogens with one attached hydrogen (secondary N) is 2. The van der Waals surface area contributed by atoms with Gasteiger partial charge in [-0.1, -0.05) is 5.92 Å². The van der Waals surface area contributed by atoms with Crippen LogP contribution in [-0.2, 0) is 0 Å². The number of hydrogen-bond acceptors (Lipinski definition) is 4. The van der Waals surface area contributed by atoms with E-state index in [1.165, 1.54) is 0 Å². The maximum Gasteiger partial charge on any atom is 0.254 e. The maximum atomic E-state index is 11.6. The van der Waals surface area contributed by atoms with Crippen molar-refractivity contribution in [2.24, 2.45) is 5.73 Å². The molecule has 1 heterocycles. The third-order valence-electron chi connectivity index (χ3n) is 2.20. The summed E-state index contributed by atoms with van der Waals surface area (Å²) in [5, 5.41) is 5.64. The van der Waals surface area contributed by atoms with Gasteiger partial charge < -0.3 is 16.4 Å². The van der Waals surface area contributed by atoms with E-state index in [4.69, 9.17) is 5.73 Å². The summed E-state index contributed by atoms with van der Waals surface area (Å²) in [5.41, 5.74) is 6.51. The lowest BCUT2D eigenvalue weighted by Gasteiger charge is -2.08. The van der Waals surface area contributed by atoms with E-state index < -0.39 is 0 Å². The van der Waals surface area contributed by atoms with Crippen molar-refractivity contribution in [2.45, 2.75) is 13.3 Å². The van der Waals surface area contributed by atoms with E-state index in [0.717, 1.165) is 0 Å². The molecule has 1 rings (SSSR count). The number of nitrogens with zero attached hydrogens (tertiary/aromatic N) is 1. The Morgan fingerprint density at radius 2 is 2.28 bits per heavy atom. The predicted octanol–water partition coefficient (Wildman–Crippen LogP) is 0.573. The van der Waals surface area contributed by atoms with Gasteiger partial charge in [-0.15, -0.1) is 0 Å². The lowest BCUT2D eigenvalue weighted by atomic mass is 10.2. The molecule has 0 aliphatic heterocycles. The van der Waals surface area contributed by atoms with Crippen LogP contribution in [0.3, 0.4) is 0 Å². The van der Waals surface area contributed by atoms with E-state index in [-0.39, 0.29) is 5.91 Å². The number of pyridine rings is 1. The van der Waals surface area contributed by atoms with Crippen molar-refractivity contribution in [3.8, 4) is 11.8 Å². The Labute approximate surface area is 107 Å². The van der Waals surface area contributed by atoms with Crippen LogP contribution in [0.4, 0.5) is 5.82 Å². The number of amides is 1. The highest BCUT2D eigenvalue weighted by atomic mass is 16.1. The molecular formula is C13H18N4O. The first-order valence-corrected chi connectivity index (χ1v) is 5.88. The second-order valence-corrected chi connectivity index (χ2v) is 3.54. The standard InChI is InChI=1S/C13H18N4O/c1-3-16-12-11(13(18)15-2)8-7-10(17-12)6-4-5-9-14/h7-8H,3,5,9,14H2,1-2H3,(H,15,18)(H,16,17). The smallest absolute Gasteiger partial charge is 0.254 e. The van der Waals surface area contributed by atoms with Gasteiger partial charge in [-0.05, 0) is 25.0 Å². The topological polar surface area (TPSA) is 80.0 Å². The first kappa shape index (κ1) is 14.0. The zero-order valence-corrected chi connectivity index (χ0v) is 10.7. The monoisotopic (exact) mass is 246 g/mol. The SMILES string of the molecule is CCNc1nc(C#CCCN)ccc1C(=O)NC. The summed E-state index contributed by atoms with van der Waals surface area (Å²) in [5.74, 6) is 6.22. The molecule has 0 bridgehead atoms. The van der Waals surface area contributed by atoms with Gasteiger partial charge in [0.25, 0.3) is 5.91 Å². The fraction of sp³-hybridized carbons (Fsp3) is 0.385. The Kier molecular flexibility index (Phi) is 5.68. The number of hydrogen-bond donors (Lipinski definition) is 3. The molecule has 0 aromatic carbocycles. The van der Waals surface area contributed by atoms with Crippen LogP contribution in [-0.4, -0.2) is 31.0 Å². The number of anilines is 1. The third kappa shape index (κ3) is 3.75. The van der Waals surface area contributed by atoms with E-state index in [2.05, 4.69) is 27.5 Å². The molecule has 0 aliphatic rings. The van der Waals surface area contributed by atoms with E-state index in [1.54, 1.807) is 19.2 Å². The molecule has 0 fully saturated rings. The molecule has 1 aromatic rings. The first-order valence-electron chi connectivity index (χ1n) is 5.88. The van der Waals surface area contributed by atoms with Gasteiger partial charge >= 0.3 is 0 Å². The van der Waals surface area contributed by atoms with Crippen LogP contribution in [0, 0.1) is 11.8 Å². The Balaban J connectivity index is 3.03. The molecular weight excluding hydrogens is 228 g/mol. The average molecular weight is 246 g/mol. The van der Waals surface area contributed by atoms with Gasteiger partial charge in [0.15, 0.2) is 0 Å². The highest BCUT2D eigenvalue weighted by molar-refractivity contribution is 5.98. The Hall–Kier alpha value is -2.06. The van der Waals surface area contributed by atoms with Gasteiger partial charge in [0.05, 0.1) is 5.56 Å². The summed E-state index contributed by atoms with van der Waals surface area (Å²) < 4.78 is 0. The fourth-order valence-electron chi connectivity index (χ4n) is 1.37. The minimum atomic E-state index is -0.167. The van der Waals surface area contributed by atoms with E-state index in [9.17, 15) is 4.79 Å². The molecule has 0 unspecified atom stereocenters. The van der Waals surface area contributed by atoms with Crippen molar-refractivity contribution in [2.75, 3.05) is 25.5 Å². The minimum Gasteiger partial charge on any atom is -0.370 e. The lowest BCUT2D eigenvalue weighted by molar-refractivity contribution is 0.0963. The molecule has 0 aliphatic carbocycles. The molecule has 0 atom stereocenters. The van der Waals surface area contributed by atoms with Crippen LogP contribution >= 0.6 is 0 Å². The van der Waals surface area contributed by atoms with Gasteiger partial charge in [0.2, 0.25) is 0 Å². The van der Waals surface area contributed by atoms with Crippen molar-refractivity contribution in [3.63, 3.8) is 0 Å². The average Bonchev–Trinajstić information content (AvgIpc) is 2.39. The summed E-state index contributed by atoms with van der Waals surface area (Å²) in [6, 6.07) is 3.45. The second kappa shape index (κ2) is 7.30. The van der Waals surface area contributed by atoms with Crippen LogP contribution in [0.15, 0.2) is 12.1 Å². The van der Waals surface area contributed by atoms with Gasteiger partial charge in [-0.25, -0.2) is 4.98 Å². The molecule has 1 amide bonds. The first-order chi connectivity index (χ1) is 8.72. The van der Waals surface area contributed by atoms with Crippen molar-refractivity contribution in [1.82, 2.24) is 10.3 Å². The summed E-state index contributed by atoms with van der Waals surface area (Å²) in [7, 11) is 1.59. The largest absolute Gasteiger partial charge is 0.370 e. The van der Waals surface area contributed by atoms with Crippen LogP contribution in [0.1, 0.15) is 29.4 Å². The highest BCUT2D eigenvalue weighted by Gasteiger charge is 2.10. The zero-order valence-electron chi connectivity index (χ0n) is 10.7. The molecule has 1 aromatic heterocycles. The van der Waals surface area contributed by atoms with Crippen LogP contribution in [0.5, 0.6) is 0 Å².